The number of sulfonamides is 1. The van der Waals surface area contributed by atoms with Gasteiger partial charge in [0.2, 0.25) is 0 Å². The average molecular weight is 425 g/mol. The number of amides is 1. The van der Waals surface area contributed by atoms with Gasteiger partial charge in [-0.3, -0.25) is 9.10 Å². The Balaban J connectivity index is 1.96. The normalized spacial score (nSPS) is 11.1. The van der Waals surface area contributed by atoms with Crippen LogP contribution in [-0.2, 0) is 10.0 Å². The van der Waals surface area contributed by atoms with Crippen LogP contribution in [0.4, 0.5) is 11.4 Å². The zero-order chi connectivity index (χ0) is 21.9. The number of para-hydroxylation sites is 2. The quantitative estimate of drug-likeness (QED) is 0.637. The maximum absolute atomic E-state index is 13.2. The third-order valence-electron chi connectivity index (χ3n) is 4.81. The number of nitrogens with zero attached hydrogens (tertiary/aromatic N) is 1. The van der Waals surface area contributed by atoms with E-state index >= 15 is 0 Å². The first-order valence-electron chi connectivity index (χ1n) is 9.34. The van der Waals surface area contributed by atoms with Crippen molar-refractivity contribution in [1.82, 2.24) is 0 Å². The van der Waals surface area contributed by atoms with Crippen molar-refractivity contribution in [2.24, 2.45) is 0 Å². The number of aryl methyl sites for hydroxylation is 2. The molecule has 0 unspecified atom stereocenters. The third kappa shape index (κ3) is 4.31. The Morgan fingerprint density at radius 2 is 1.70 bits per heavy atom. The van der Waals surface area contributed by atoms with Gasteiger partial charge in [-0.2, -0.15) is 0 Å². The molecule has 0 heterocycles. The van der Waals surface area contributed by atoms with E-state index in [1.807, 2.05) is 25.1 Å². The number of methoxy groups -OCH3 is 1. The predicted octanol–water partition coefficient (Wildman–Crippen LogP) is 4.39. The van der Waals surface area contributed by atoms with Gasteiger partial charge in [-0.25, -0.2) is 8.42 Å². The summed E-state index contributed by atoms with van der Waals surface area (Å²) >= 11 is 0. The monoisotopic (exact) mass is 424 g/mol. The molecule has 0 aliphatic heterocycles. The molecule has 0 saturated heterocycles. The van der Waals surface area contributed by atoms with Gasteiger partial charge < -0.3 is 10.1 Å². The summed E-state index contributed by atoms with van der Waals surface area (Å²) < 4.78 is 32.9. The molecular formula is C23H24N2O4S. The van der Waals surface area contributed by atoms with Crippen LogP contribution in [0.2, 0.25) is 0 Å². The molecule has 30 heavy (non-hydrogen) atoms. The summed E-state index contributed by atoms with van der Waals surface area (Å²) in [5, 5.41) is 2.83. The molecule has 3 aromatic rings. The molecule has 0 fully saturated rings. The molecule has 3 aromatic carbocycles. The fourth-order valence-electron chi connectivity index (χ4n) is 3.10. The fraction of sp³-hybridized carbons (Fsp3) is 0.174. The highest BCUT2D eigenvalue weighted by atomic mass is 32.2. The Hall–Kier alpha value is -3.32. The number of benzene rings is 3. The van der Waals surface area contributed by atoms with Crippen LogP contribution >= 0.6 is 0 Å². The van der Waals surface area contributed by atoms with Crippen LogP contribution in [0.5, 0.6) is 5.75 Å². The summed E-state index contributed by atoms with van der Waals surface area (Å²) in [5.41, 5.74) is 3.05. The van der Waals surface area contributed by atoms with Crippen molar-refractivity contribution < 1.29 is 17.9 Å². The Labute approximate surface area is 177 Å². The number of carbonyl (C=O) groups is 1. The van der Waals surface area contributed by atoms with Gasteiger partial charge in [0.1, 0.15) is 5.75 Å². The second-order valence-corrected chi connectivity index (χ2v) is 8.91. The Morgan fingerprint density at radius 3 is 2.40 bits per heavy atom. The summed E-state index contributed by atoms with van der Waals surface area (Å²) in [7, 11) is -0.961. The lowest BCUT2D eigenvalue weighted by molar-refractivity contribution is 0.102. The van der Waals surface area contributed by atoms with Crippen LogP contribution < -0.4 is 14.4 Å². The average Bonchev–Trinajstić information content (AvgIpc) is 2.73. The molecule has 3 rings (SSSR count). The van der Waals surface area contributed by atoms with Crippen molar-refractivity contribution in [1.29, 1.82) is 0 Å². The van der Waals surface area contributed by atoms with Crippen LogP contribution in [0.1, 0.15) is 21.5 Å². The molecule has 1 N–H and O–H groups in total. The fourth-order valence-corrected chi connectivity index (χ4v) is 4.34. The van der Waals surface area contributed by atoms with Crippen LogP contribution in [0.15, 0.2) is 71.6 Å². The van der Waals surface area contributed by atoms with E-state index in [-0.39, 0.29) is 10.8 Å². The Morgan fingerprint density at radius 1 is 0.967 bits per heavy atom. The number of carbonyl (C=O) groups excluding carboxylic acids is 1. The lowest BCUT2D eigenvalue weighted by atomic mass is 10.1. The number of nitrogens with one attached hydrogen (secondary N) is 1. The number of hydrogen-bond donors (Lipinski definition) is 1. The highest BCUT2D eigenvalue weighted by Crippen LogP contribution is 2.31. The van der Waals surface area contributed by atoms with E-state index in [1.54, 1.807) is 43.3 Å². The van der Waals surface area contributed by atoms with E-state index in [9.17, 15) is 13.2 Å². The van der Waals surface area contributed by atoms with Gasteiger partial charge in [0.05, 0.1) is 17.7 Å². The van der Waals surface area contributed by atoms with E-state index in [2.05, 4.69) is 5.32 Å². The third-order valence-corrected chi connectivity index (χ3v) is 6.58. The largest absolute Gasteiger partial charge is 0.495 e. The van der Waals surface area contributed by atoms with E-state index in [0.29, 0.717) is 28.3 Å². The molecule has 0 aliphatic carbocycles. The van der Waals surface area contributed by atoms with Gasteiger partial charge in [0.15, 0.2) is 0 Å². The summed E-state index contributed by atoms with van der Waals surface area (Å²) in [6.07, 6.45) is 0. The molecule has 0 atom stereocenters. The number of anilines is 2. The van der Waals surface area contributed by atoms with E-state index in [0.717, 1.165) is 9.87 Å². The molecule has 0 aromatic heterocycles. The summed E-state index contributed by atoms with van der Waals surface area (Å²) in [6.45, 7) is 3.70. The highest BCUT2D eigenvalue weighted by Gasteiger charge is 2.25. The van der Waals surface area contributed by atoms with Gasteiger partial charge in [-0.1, -0.05) is 30.3 Å². The van der Waals surface area contributed by atoms with Crippen molar-refractivity contribution in [3.05, 3.63) is 83.4 Å². The molecule has 1 amide bonds. The molecule has 7 heteroatoms. The molecule has 0 saturated carbocycles. The first kappa shape index (κ1) is 21.4. The number of ether oxygens (including phenoxy) is 1. The number of hydrogen-bond acceptors (Lipinski definition) is 4. The topological polar surface area (TPSA) is 75.7 Å². The predicted molar refractivity (Wildman–Crippen MR) is 119 cm³/mol. The lowest BCUT2D eigenvalue weighted by Gasteiger charge is -2.22. The Kier molecular flexibility index (Phi) is 6.12. The van der Waals surface area contributed by atoms with Crippen molar-refractivity contribution >= 4 is 27.3 Å². The highest BCUT2D eigenvalue weighted by molar-refractivity contribution is 7.92. The Bertz CT molecular complexity index is 1190. The summed E-state index contributed by atoms with van der Waals surface area (Å²) in [4.78, 5) is 12.9. The van der Waals surface area contributed by atoms with Gasteiger partial charge in [0.25, 0.3) is 15.9 Å². The first-order valence-corrected chi connectivity index (χ1v) is 10.8. The first-order chi connectivity index (χ1) is 14.2. The van der Waals surface area contributed by atoms with Crippen LogP contribution in [0.3, 0.4) is 0 Å². The van der Waals surface area contributed by atoms with E-state index < -0.39 is 10.0 Å². The summed E-state index contributed by atoms with van der Waals surface area (Å²) in [5.74, 6) is 0.0724. The molecule has 0 radical (unpaired) electrons. The minimum atomic E-state index is -3.90. The standard InChI is InChI=1S/C23H24N2O4S/c1-16-8-7-9-18(14-16)24-23(26)20-15-19(13-12-17(20)2)30(27,28)25(3)21-10-5-6-11-22(21)29-4/h5-15H,1-4H3,(H,24,26). The molecular weight excluding hydrogens is 400 g/mol. The number of rotatable bonds is 6. The molecule has 0 bridgehead atoms. The minimum absolute atomic E-state index is 0.0240. The zero-order valence-electron chi connectivity index (χ0n) is 17.3. The van der Waals surface area contributed by atoms with E-state index in [1.165, 1.54) is 26.3 Å². The van der Waals surface area contributed by atoms with Crippen LogP contribution in [0.25, 0.3) is 0 Å². The maximum atomic E-state index is 13.2. The molecule has 0 spiro atoms. The zero-order valence-corrected chi connectivity index (χ0v) is 18.2. The minimum Gasteiger partial charge on any atom is -0.495 e. The molecule has 156 valence electrons. The second-order valence-electron chi connectivity index (χ2n) is 6.94. The van der Waals surface area contributed by atoms with Crippen molar-refractivity contribution in [2.45, 2.75) is 18.7 Å². The smallest absolute Gasteiger partial charge is 0.264 e. The van der Waals surface area contributed by atoms with Crippen LogP contribution in [0, 0.1) is 13.8 Å². The summed E-state index contributed by atoms with van der Waals surface area (Å²) in [6, 6.07) is 18.8. The van der Waals surface area contributed by atoms with Crippen molar-refractivity contribution in [3.8, 4) is 5.75 Å². The van der Waals surface area contributed by atoms with Gasteiger partial charge in [-0.15, -0.1) is 0 Å². The van der Waals surface area contributed by atoms with Crippen LogP contribution in [-0.4, -0.2) is 28.5 Å². The van der Waals surface area contributed by atoms with E-state index in [4.69, 9.17) is 4.74 Å². The van der Waals surface area contributed by atoms with Gasteiger partial charge in [-0.05, 0) is 61.4 Å². The SMILES string of the molecule is COc1ccccc1N(C)S(=O)(=O)c1ccc(C)c(C(=O)Nc2cccc(C)c2)c1. The molecule has 6 nitrogen and oxygen atoms in total. The maximum Gasteiger partial charge on any atom is 0.264 e. The second kappa shape index (κ2) is 8.59. The molecule has 0 aliphatic rings. The van der Waals surface area contributed by atoms with Crippen molar-refractivity contribution in [2.75, 3.05) is 23.8 Å². The van der Waals surface area contributed by atoms with Gasteiger partial charge in [0, 0.05) is 18.3 Å². The van der Waals surface area contributed by atoms with Crippen molar-refractivity contribution in [3.63, 3.8) is 0 Å². The lowest BCUT2D eigenvalue weighted by Crippen LogP contribution is -2.27. The van der Waals surface area contributed by atoms with Gasteiger partial charge >= 0.3 is 0 Å².